The lowest BCUT2D eigenvalue weighted by atomic mass is 10.0. The molecule has 4 rings (SSSR count). The smallest absolute Gasteiger partial charge is 0.241 e. The number of rotatable bonds is 6. The molecule has 0 spiro atoms. The molecule has 2 aliphatic heterocycles. The molecule has 7 nitrogen and oxygen atoms in total. The summed E-state index contributed by atoms with van der Waals surface area (Å²) in [7, 11) is -1.65. The van der Waals surface area contributed by atoms with Crippen molar-refractivity contribution in [3.63, 3.8) is 0 Å². The van der Waals surface area contributed by atoms with Gasteiger partial charge in [0, 0.05) is 23.3 Å². The second-order valence-corrected chi connectivity index (χ2v) is 10.0. The van der Waals surface area contributed by atoms with Crippen LogP contribution in [0.25, 0.3) is 0 Å². The van der Waals surface area contributed by atoms with E-state index in [0.717, 1.165) is 5.75 Å². The van der Waals surface area contributed by atoms with Crippen LogP contribution in [0.1, 0.15) is 0 Å². The lowest BCUT2D eigenvalue weighted by Crippen LogP contribution is -2.62. The van der Waals surface area contributed by atoms with E-state index in [1.807, 2.05) is 29.2 Å². The Morgan fingerprint density at radius 1 is 1.07 bits per heavy atom. The van der Waals surface area contributed by atoms with E-state index in [9.17, 15) is 13.2 Å². The van der Waals surface area contributed by atoms with Crippen molar-refractivity contribution in [3.8, 4) is 11.5 Å². The molecule has 1 amide bonds. The number of ether oxygens (including phenoxy) is 2. The van der Waals surface area contributed by atoms with Gasteiger partial charge in [-0.3, -0.25) is 9.69 Å². The minimum atomic E-state index is -3.24. The highest BCUT2D eigenvalue weighted by Crippen LogP contribution is 2.32. The number of amides is 1. The Balaban J connectivity index is 1.48. The Hall–Kier alpha value is -2.29. The van der Waals surface area contributed by atoms with E-state index >= 15 is 0 Å². The number of methoxy groups -OCH3 is 1. The van der Waals surface area contributed by atoms with Gasteiger partial charge in [0.05, 0.1) is 31.2 Å². The van der Waals surface area contributed by atoms with Crippen LogP contribution in [0.2, 0.25) is 5.02 Å². The van der Waals surface area contributed by atoms with Crippen LogP contribution in [-0.2, 0) is 14.6 Å². The van der Waals surface area contributed by atoms with E-state index in [1.165, 1.54) is 0 Å². The number of fused-ring (bicyclic) bond motifs is 1. The minimum Gasteiger partial charge on any atom is -0.497 e. The summed E-state index contributed by atoms with van der Waals surface area (Å²) < 4.78 is 35.7. The number of hydrogen-bond donors (Lipinski definition) is 0. The van der Waals surface area contributed by atoms with Crippen molar-refractivity contribution in [2.75, 3.05) is 43.2 Å². The van der Waals surface area contributed by atoms with Gasteiger partial charge in [-0.15, -0.1) is 0 Å². The normalized spacial score (nSPS) is 23.3. The number of hydrogen-bond acceptors (Lipinski definition) is 6. The number of carbonyl (C=O) groups is 1. The third kappa shape index (κ3) is 4.40. The van der Waals surface area contributed by atoms with Crippen molar-refractivity contribution in [1.29, 1.82) is 0 Å². The lowest BCUT2D eigenvalue weighted by Gasteiger charge is -2.43. The molecule has 2 aliphatic rings. The van der Waals surface area contributed by atoms with E-state index in [0.29, 0.717) is 29.6 Å². The number of anilines is 1. The van der Waals surface area contributed by atoms with E-state index in [2.05, 4.69) is 0 Å². The second-order valence-electron chi connectivity index (χ2n) is 7.45. The standard InChI is InChI=1S/C21H23ClN2O5S/c1-28-17-5-7-18(8-6-17)29-10-9-23-12-21(25)24(16-4-2-3-15(22)11-16)20-14-30(26,27)13-19(20)23/h2-8,11,19-20H,9-10,12-14H2,1H3/t19-,20+/m0/s1. The molecule has 0 unspecified atom stereocenters. The SMILES string of the molecule is COc1ccc(OCCN2CC(=O)N(c3cccc(Cl)c3)[C@@H]3CS(=O)(=O)C[C@@H]32)cc1. The van der Waals surface area contributed by atoms with Crippen LogP contribution in [0, 0.1) is 0 Å². The maximum atomic E-state index is 13.0. The van der Waals surface area contributed by atoms with Crippen LogP contribution >= 0.6 is 11.6 Å². The molecule has 2 aromatic carbocycles. The topological polar surface area (TPSA) is 76.2 Å². The summed E-state index contributed by atoms with van der Waals surface area (Å²) in [6, 6.07) is 13.5. The summed E-state index contributed by atoms with van der Waals surface area (Å²) in [6.45, 7) is 0.938. The fraction of sp³-hybridized carbons (Fsp3) is 0.381. The molecule has 2 aromatic rings. The van der Waals surface area contributed by atoms with E-state index in [1.54, 1.807) is 36.3 Å². The van der Waals surface area contributed by atoms with Crippen molar-refractivity contribution in [3.05, 3.63) is 53.6 Å². The Morgan fingerprint density at radius 3 is 2.47 bits per heavy atom. The van der Waals surface area contributed by atoms with Crippen molar-refractivity contribution >= 4 is 33.0 Å². The molecule has 0 bridgehead atoms. The first-order valence-electron chi connectivity index (χ1n) is 9.65. The molecular weight excluding hydrogens is 428 g/mol. The van der Waals surface area contributed by atoms with E-state index in [-0.39, 0.29) is 30.0 Å². The zero-order valence-electron chi connectivity index (χ0n) is 16.5. The number of carbonyl (C=O) groups excluding carboxylic acids is 1. The van der Waals surface area contributed by atoms with E-state index in [4.69, 9.17) is 21.1 Å². The fourth-order valence-corrected chi connectivity index (χ4v) is 6.28. The molecule has 0 N–H and O–H groups in total. The molecule has 2 fully saturated rings. The molecule has 2 saturated heterocycles. The molecule has 30 heavy (non-hydrogen) atoms. The summed E-state index contributed by atoms with van der Waals surface area (Å²) in [5.74, 6) is 1.27. The molecule has 0 saturated carbocycles. The highest BCUT2D eigenvalue weighted by atomic mass is 35.5. The Bertz CT molecular complexity index is 1030. The number of sulfone groups is 1. The average Bonchev–Trinajstić information content (AvgIpc) is 3.03. The summed E-state index contributed by atoms with van der Waals surface area (Å²) in [5.41, 5.74) is 0.633. The predicted octanol–water partition coefficient (Wildman–Crippen LogP) is 2.24. The maximum absolute atomic E-state index is 13.0. The van der Waals surface area contributed by atoms with Crippen molar-refractivity contribution in [2.45, 2.75) is 12.1 Å². The van der Waals surface area contributed by atoms with Crippen LogP contribution in [0.4, 0.5) is 5.69 Å². The predicted molar refractivity (Wildman–Crippen MR) is 115 cm³/mol. The van der Waals surface area contributed by atoms with Crippen LogP contribution in [-0.4, -0.2) is 69.6 Å². The highest BCUT2D eigenvalue weighted by molar-refractivity contribution is 7.91. The van der Waals surface area contributed by atoms with Gasteiger partial charge in [0.1, 0.15) is 18.1 Å². The quantitative estimate of drug-likeness (QED) is 0.671. The van der Waals surface area contributed by atoms with Gasteiger partial charge in [-0.2, -0.15) is 0 Å². The maximum Gasteiger partial charge on any atom is 0.241 e. The van der Waals surface area contributed by atoms with Gasteiger partial charge in [-0.05, 0) is 42.5 Å². The first-order chi connectivity index (χ1) is 14.4. The third-order valence-corrected chi connectivity index (χ3v) is 7.43. The molecule has 0 radical (unpaired) electrons. The Morgan fingerprint density at radius 2 is 1.77 bits per heavy atom. The monoisotopic (exact) mass is 450 g/mol. The zero-order valence-corrected chi connectivity index (χ0v) is 18.1. The lowest BCUT2D eigenvalue weighted by molar-refractivity contribution is -0.123. The van der Waals surface area contributed by atoms with Crippen LogP contribution in [0.5, 0.6) is 11.5 Å². The van der Waals surface area contributed by atoms with Gasteiger partial charge in [0.15, 0.2) is 9.84 Å². The fourth-order valence-electron chi connectivity index (χ4n) is 4.12. The van der Waals surface area contributed by atoms with Gasteiger partial charge >= 0.3 is 0 Å². The molecule has 0 aromatic heterocycles. The van der Waals surface area contributed by atoms with E-state index < -0.39 is 15.9 Å². The number of piperazine rings is 1. The summed E-state index contributed by atoms with van der Waals surface area (Å²) in [6.07, 6.45) is 0. The van der Waals surface area contributed by atoms with Gasteiger partial charge < -0.3 is 14.4 Å². The summed E-state index contributed by atoms with van der Waals surface area (Å²) in [5, 5.41) is 0.507. The molecule has 0 aliphatic carbocycles. The van der Waals surface area contributed by atoms with Crippen molar-refractivity contribution in [1.82, 2.24) is 4.90 Å². The third-order valence-electron chi connectivity index (χ3n) is 5.49. The second kappa shape index (κ2) is 8.45. The Labute approximate surface area is 181 Å². The number of benzene rings is 2. The molecule has 160 valence electrons. The van der Waals surface area contributed by atoms with Gasteiger partial charge in [0.2, 0.25) is 5.91 Å². The minimum absolute atomic E-state index is 0.0323. The molecular formula is C21H23ClN2O5S. The summed E-state index contributed by atoms with van der Waals surface area (Å²) in [4.78, 5) is 16.5. The van der Waals surface area contributed by atoms with Crippen molar-refractivity contribution < 1.29 is 22.7 Å². The molecule has 2 heterocycles. The number of halogens is 1. The van der Waals surface area contributed by atoms with Gasteiger partial charge in [-0.1, -0.05) is 17.7 Å². The zero-order chi connectivity index (χ0) is 21.3. The summed E-state index contributed by atoms with van der Waals surface area (Å²) >= 11 is 6.09. The molecule has 2 atom stereocenters. The highest BCUT2D eigenvalue weighted by Gasteiger charge is 2.49. The first kappa shape index (κ1) is 21.0. The first-order valence-corrected chi connectivity index (χ1v) is 11.9. The largest absolute Gasteiger partial charge is 0.497 e. The number of nitrogens with zero attached hydrogens (tertiary/aromatic N) is 2. The van der Waals surface area contributed by atoms with Gasteiger partial charge in [-0.25, -0.2) is 8.42 Å². The average molecular weight is 451 g/mol. The Kier molecular flexibility index (Phi) is 5.90. The van der Waals surface area contributed by atoms with Crippen molar-refractivity contribution in [2.24, 2.45) is 0 Å². The van der Waals surface area contributed by atoms with Crippen LogP contribution < -0.4 is 14.4 Å². The van der Waals surface area contributed by atoms with Crippen LogP contribution in [0.15, 0.2) is 48.5 Å². The van der Waals surface area contributed by atoms with Gasteiger partial charge in [0.25, 0.3) is 0 Å². The molecule has 9 heteroatoms. The van der Waals surface area contributed by atoms with Crippen LogP contribution in [0.3, 0.4) is 0 Å².